The summed E-state index contributed by atoms with van der Waals surface area (Å²) in [5.74, 6) is -1.82. The van der Waals surface area contributed by atoms with Gasteiger partial charge in [-0.15, -0.1) is 0 Å². The number of rotatable bonds is 8. The van der Waals surface area contributed by atoms with Gasteiger partial charge in [-0.1, -0.05) is 0 Å². The summed E-state index contributed by atoms with van der Waals surface area (Å²) in [6.07, 6.45) is -0.409. The van der Waals surface area contributed by atoms with E-state index < -0.39 is 21.7 Å². The average molecular weight is 252 g/mol. The molecule has 0 aliphatic carbocycles. The van der Waals surface area contributed by atoms with E-state index in [1.54, 1.807) is 0 Å². The maximum atomic E-state index is 11.2. The maximum Gasteiger partial charge on any atom is 0.303 e. The molecule has 0 aromatic carbocycles. The smallest absolute Gasteiger partial charge is 0.303 e. The fourth-order valence-electron chi connectivity index (χ4n) is 0.936. The molecule has 0 fully saturated rings. The Morgan fingerprint density at radius 2 is 1.81 bits per heavy atom. The van der Waals surface area contributed by atoms with Crippen molar-refractivity contribution >= 4 is 21.7 Å². The van der Waals surface area contributed by atoms with E-state index in [2.05, 4.69) is 5.32 Å². The molecule has 16 heavy (non-hydrogen) atoms. The fraction of sp³-hybridized carbons (Fsp3) is 0.750. The van der Waals surface area contributed by atoms with Gasteiger partial charge >= 0.3 is 5.97 Å². The van der Waals surface area contributed by atoms with Crippen LogP contribution in [0.1, 0.15) is 12.8 Å². The molecule has 0 saturated heterocycles. The number of carbonyl (C=O) groups is 2. The van der Waals surface area contributed by atoms with Crippen LogP contribution in [0.3, 0.4) is 0 Å². The van der Waals surface area contributed by atoms with Crippen LogP contribution in [0.2, 0.25) is 0 Å². The monoisotopic (exact) mass is 252 g/mol. The van der Waals surface area contributed by atoms with Gasteiger partial charge in [0.05, 0.1) is 17.9 Å². The van der Waals surface area contributed by atoms with E-state index in [0.29, 0.717) is 0 Å². The number of carboxylic acids is 1. The minimum Gasteiger partial charge on any atom is -0.481 e. The first kappa shape index (κ1) is 14.8. The van der Waals surface area contributed by atoms with E-state index >= 15 is 0 Å². The van der Waals surface area contributed by atoms with Gasteiger partial charge in [0.25, 0.3) is 0 Å². The number of carboxylic acid groups (broad SMARTS) is 1. The molecule has 0 aromatic heterocycles. The second kappa shape index (κ2) is 7.18. The Morgan fingerprint density at radius 1 is 1.19 bits per heavy atom. The molecule has 0 heterocycles. The van der Waals surface area contributed by atoms with Crippen LogP contribution in [-0.4, -0.2) is 50.0 Å². The lowest BCUT2D eigenvalue weighted by atomic mass is 10.3. The highest BCUT2D eigenvalue weighted by atomic mass is 32.2. The van der Waals surface area contributed by atoms with Crippen molar-refractivity contribution in [3.05, 3.63) is 0 Å². The van der Waals surface area contributed by atoms with E-state index in [0.717, 1.165) is 0 Å². The molecular formula is C8H16N2O5S. The summed E-state index contributed by atoms with van der Waals surface area (Å²) in [6, 6.07) is 0. The number of aliphatic carboxylic acids is 1. The summed E-state index contributed by atoms with van der Waals surface area (Å²) in [7, 11) is -3.21. The van der Waals surface area contributed by atoms with Gasteiger partial charge in [-0.2, -0.15) is 0 Å². The van der Waals surface area contributed by atoms with Gasteiger partial charge in [-0.05, 0) is 0 Å². The van der Waals surface area contributed by atoms with Crippen molar-refractivity contribution in [3.63, 3.8) is 0 Å². The summed E-state index contributed by atoms with van der Waals surface area (Å²) in [5, 5.41) is 10.6. The highest BCUT2D eigenvalue weighted by molar-refractivity contribution is 7.91. The van der Waals surface area contributed by atoms with Gasteiger partial charge in [0, 0.05) is 19.5 Å². The van der Waals surface area contributed by atoms with Crippen molar-refractivity contribution in [3.8, 4) is 0 Å². The SMILES string of the molecule is NCCS(=O)(=O)CCNC(=O)CCC(=O)O. The van der Waals surface area contributed by atoms with Gasteiger partial charge in [0.15, 0.2) is 9.84 Å². The first-order valence-corrected chi connectivity index (χ1v) is 6.58. The number of amides is 1. The normalized spacial score (nSPS) is 11.1. The van der Waals surface area contributed by atoms with Crippen molar-refractivity contribution in [2.75, 3.05) is 24.6 Å². The minimum absolute atomic E-state index is 0.0131. The Labute approximate surface area is 93.9 Å². The van der Waals surface area contributed by atoms with Crippen molar-refractivity contribution < 1.29 is 23.1 Å². The zero-order valence-electron chi connectivity index (χ0n) is 8.81. The average Bonchev–Trinajstić information content (AvgIpc) is 2.14. The van der Waals surface area contributed by atoms with Crippen LogP contribution < -0.4 is 11.1 Å². The molecule has 0 saturated carbocycles. The molecule has 0 aromatic rings. The lowest BCUT2D eigenvalue weighted by Crippen LogP contribution is -2.31. The molecule has 0 bridgehead atoms. The number of sulfone groups is 1. The van der Waals surface area contributed by atoms with Crippen molar-refractivity contribution in [1.82, 2.24) is 5.32 Å². The summed E-state index contributed by atoms with van der Waals surface area (Å²) >= 11 is 0. The molecule has 0 aliphatic rings. The van der Waals surface area contributed by atoms with Gasteiger partial charge in [-0.3, -0.25) is 9.59 Å². The Hall–Kier alpha value is -1.15. The first-order chi connectivity index (χ1) is 7.37. The van der Waals surface area contributed by atoms with Crippen LogP contribution in [-0.2, 0) is 19.4 Å². The Bertz CT molecular complexity index is 338. The van der Waals surface area contributed by atoms with Crippen LogP contribution >= 0.6 is 0 Å². The third-order valence-corrected chi connectivity index (χ3v) is 3.41. The second-order valence-electron chi connectivity index (χ2n) is 3.18. The number of hydrogen-bond acceptors (Lipinski definition) is 5. The zero-order valence-corrected chi connectivity index (χ0v) is 9.62. The Morgan fingerprint density at radius 3 is 2.31 bits per heavy atom. The summed E-state index contributed by atoms with van der Waals surface area (Å²) in [6.45, 7) is 0.0378. The van der Waals surface area contributed by atoms with Crippen LogP contribution in [0.15, 0.2) is 0 Å². The van der Waals surface area contributed by atoms with E-state index in [9.17, 15) is 18.0 Å². The summed E-state index contributed by atoms with van der Waals surface area (Å²) in [5.41, 5.74) is 5.10. The molecule has 4 N–H and O–H groups in total. The van der Waals surface area contributed by atoms with Crippen LogP contribution in [0.5, 0.6) is 0 Å². The Kier molecular flexibility index (Phi) is 6.66. The Balaban J connectivity index is 3.74. The van der Waals surface area contributed by atoms with Gasteiger partial charge < -0.3 is 16.2 Å². The molecule has 0 unspecified atom stereocenters. The zero-order chi connectivity index (χ0) is 12.6. The largest absolute Gasteiger partial charge is 0.481 e. The maximum absolute atomic E-state index is 11.2. The first-order valence-electron chi connectivity index (χ1n) is 4.76. The van der Waals surface area contributed by atoms with Gasteiger partial charge in [-0.25, -0.2) is 8.42 Å². The van der Waals surface area contributed by atoms with Crippen molar-refractivity contribution in [1.29, 1.82) is 0 Å². The highest BCUT2D eigenvalue weighted by Crippen LogP contribution is 1.90. The van der Waals surface area contributed by atoms with Crippen molar-refractivity contribution in [2.24, 2.45) is 5.73 Å². The molecule has 1 amide bonds. The van der Waals surface area contributed by atoms with Crippen LogP contribution in [0, 0.1) is 0 Å². The second-order valence-corrected chi connectivity index (χ2v) is 5.49. The predicted octanol–water partition coefficient (Wildman–Crippen LogP) is -1.66. The molecular weight excluding hydrogens is 236 g/mol. The van der Waals surface area contributed by atoms with Crippen LogP contribution in [0.4, 0.5) is 0 Å². The van der Waals surface area contributed by atoms with Crippen molar-refractivity contribution in [2.45, 2.75) is 12.8 Å². The number of nitrogens with one attached hydrogen (secondary N) is 1. The number of hydrogen-bond donors (Lipinski definition) is 3. The molecule has 8 heteroatoms. The lowest BCUT2D eigenvalue weighted by molar-refractivity contribution is -0.138. The van der Waals surface area contributed by atoms with Gasteiger partial charge in [0.2, 0.25) is 5.91 Å². The molecule has 0 aliphatic heterocycles. The summed E-state index contributed by atoms with van der Waals surface area (Å²) in [4.78, 5) is 21.1. The minimum atomic E-state index is -3.21. The van der Waals surface area contributed by atoms with Gasteiger partial charge in [0.1, 0.15) is 0 Å². The van der Waals surface area contributed by atoms with Crippen LogP contribution in [0.25, 0.3) is 0 Å². The standard InChI is InChI=1S/C8H16N2O5S/c9-3-5-16(14,15)6-4-10-7(11)1-2-8(12)13/h1-6,9H2,(H,10,11)(H,12,13). The quantitative estimate of drug-likeness (QED) is 0.474. The third-order valence-electron chi connectivity index (χ3n) is 1.73. The molecule has 7 nitrogen and oxygen atoms in total. The molecule has 0 radical (unpaired) electrons. The molecule has 94 valence electrons. The number of carbonyl (C=O) groups excluding carboxylic acids is 1. The fourth-order valence-corrected chi connectivity index (χ4v) is 1.91. The molecule has 0 spiro atoms. The number of nitrogens with two attached hydrogens (primary N) is 1. The topological polar surface area (TPSA) is 127 Å². The molecule has 0 rings (SSSR count). The van der Waals surface area contributed by atoms with E-state index in [1.165, 1.54) is 0 Å². The lowest BCUT2D eigenvalue weighted by Gasteiger charge is -2.04. The predicted molar refractivity (Wildman–Crippen MR) is 57.6 cm³/mol. The highest BCUT2D eigenvalue weighted by Gasteiger charge is 2.10. The molecule has 0 atom stereocenters. The summed E-state index contributed by atoms with van der Waals surface area (Å²) < 4.78 is 22.3. The van der Waals surface area contributed by atoms with E-state index in [4.69, 9.17) is 10.8 Å². The van der Waals surface area contributed by atoms with E-state index in [-0.39, 0.29) is 37.4 Å². The van der Waals surface area contributed by atoms with E-state index in [1.807, 2.05) is 0 Å². The third kappa shape index (κ3) is 8.18.